The molecule has 0 unspecified atom stereocenters. The summed E-state index contributed by atoms with van der Waals surface area (Å²) in [5, 5.41) is 3.48. The SMILES string of the molecule is CC(=O)N(C)c1ccc(NC(=O)c2ccc(Cl)c(-c3ccc(-c4ccccc4)cc3)c2)cc1. The van der Waals surface area contributed by atoms with E-state index in [-0.39, 0.29) is 11.8 Å². The molecule has 0 fully saturated rings. The van der Waals surface area contributed by atoms with Gasteiger partial charge in [-0.05, 0) is 59.2 Å². The Bertz CT molecular complexity index is 1280. The molecule has 0 saturated carbocycles. The minimum absolute atomic E-state index is 0.0581. The van der Waals surface area contributed by atoms with E-state index in [1.54, 1.807) is 54.4 Å². The number of rotatable bonds is 5. The van der Waals surface area contributed by atoms with Gasteiger partial charge in [-0.25, -0.2) is 0 Å². The zero-order valence-electron chi connectivity index (χ0n) is 18.4. The van der Waals surface area contributed by atoms with Crippen LogP contribution >= 0.6 is 11.6 Å². The average Bonchev–Trinajstić information content (AvgIpc) is 2.85. The van der Waals surface area contributed by atoms with E-state index >= 15 is 0 Å². The number of halogens is 1. The standard InChI is InChI=1S/C28H23ClN2O2/c1-19(32)31(2)25-15-13-24(14-16-25)30-28(33)23-12-17-27(29)26(18-23)22-10-8-21(9-11-22)20-6-4-3-5-7-20/h3-18H,1-2H3,(H,30,33). The molecule has 0 heterocycles. The first-order valence-corrected chi connectivity index (χ1v) is 10.9. The van der Waals surface area contributed by atoms with Crippen molar-refractivity contribution >= 4 is 34.8 Å². The number of anilines is 2. The van der Waals surface area contributed by atoms with Crippen LogP contribution < -0.4 is 10.2 Å². The van der Waals surface area contributed by atoms with Crippen LogP contribution in [-0.4, -0.2) is 18.9 Å². The Labute approximate surface area is 198 Å². The number of carbonyl (C=O) groups is 2. The highest BCUT2D eigenvalue weighted by Crippen LogP contribution is 2.31. The number of hydrogen-bond acceptors (Lipinski definition) is 2. The van der Waals surface area contributed by atoms with Gasteiger partial charge in [0, 0.05) is 41.5 Å². The van der Waals surface area contributed by atoms with Gasteiger partial charge in [-0.1, -0.05) is 66.2 Å². The first-order valence-electron chi connectivity index (χ1n) is 10.5. The fourth-order valence-electron chi connectivity index (χ4n) is 3.51. The van der Waals surface area contributed by atoms with Crippen molar-refractivity contribution in [1.82, 2.24) is 0 Å². The molecule has 0 aliphatic rings. The van der Waals surface area contributed by atoms with Gasteiger partial charge in [0.2, 0.25) is 5.91 Å². The van der Waals surface area contributed by atoms with Crippen molar-refractivity contribution in [3.63, 3.8) is 0 Å². The van der Waals surface area contributed by atoms with Crippen molar-refractivity contribution in [2.75, 3.05) is 17.3 Å². The summed E-state index contributed by atoms with van der Waals surface area (Å²) in [4.78, 5) is 25.9. The molecule has 0 spiro atoms. The smallest absolute Gasteiger partial charge is 0.255 e. The van der Waals surface area contributed by atoms with E-state index in [0.29, 0.717) is 16.3 Å². The fourth-order valence-corrected chi connectivity index (χ4v) is 3.74. The van der Waals surface area contributed by atoms with Crippen molar-refractivity contribution in [1.29, 1.82) is 0 Å². The summed E-state index contributed by atoms with van der Waals surface area (Å²) in [6, 6.07) is 30.6. The van der Waals surface area contributed by atoms with Crippen LogP contribution in [0.3, 0.4) is 0 Å². The predicted molar refractivity (Wildman–Crippen MR) is 136 cm³/mol. The maximum atomic E-state index is 12.9. The van der Waals surface area contributed by atoms with Crippen LogP contribution in [0.4, 0.5) is 11.4 Å². The van der Waals surface area contributed by atoms with Gasteiger partial charge < -0.3 is 10.2 Å². The maximum Gasteiger partial charge on any atom is 0.255 e. The quantitative estimate of drug-likeness (QED) is 0.356. The van der Waals surface area contributed by atoms with Gasteiger partial charge in [-0.15, -0.1) is 0 Å². The summed E-state index contributed by atoms with van der Waals surface area (Å²) in [6.07, 6.45) is 0. The van der Waals surface area contributed by atoms with E-state index < -0.39 is 0 Å². The summed E-state index contributed by atoms with van der Waals surface area (Å²) in [5.41, 5.74) is 5.89. The Morgan fingerprint density at radius 1 is 0.758 bits per heavy atom. The molecule has 33 heavy (non-hydrogen) atoms. The molecule has 0 aliphatic carbocycles. The Kier molecular flexibility index (Phi) is 6.57. The molecule has 4 nitrogen and oxygen atoms in total. The monoisotopic (exact) mass is 454 g/mol. The number of nitrogens with zero attached hydrogens (tertiary/aromatic N) is 1. The van der Waals surface area contributed by atoms with Crippen LogP contribution in [0.15, 0.2) is 97.1 Å². The third-order valence-corrected chi connectivity index (χ3v) is 5.85. The number of nitrogens with one attached hydrogen (secondary N) is 1. The van der Waals surface area contributed by atoms with Crippen molar-refractivity contribution < 1.29 is 9.59 Å². The first-order chi connectivity index (χ1) is 15.9. The molecule has 0 atom stereocenters. The molecule has 1 N–H and O–H groups in total. The average molecular weight is 455 g/mol. The van der Waals surface area contributed by atoms with E-state index in [4.69, 9.17) is 11.6 Å². The highest BCUT2D eigenvalue weighted by atomic mass is 35.5. The normalized spacial score (nSPS) is 10.5. The molecule has 0 bridgehead atoms. The van der Waals surface area contributed by atoms with Gasteiger partial charge in [0.05, 0.1) is 0 Å². The Morgan fingerprint density at radius 2 is 1.36 bits per heavy atom. The van der Waals surface area contributed by atoms with Crippen LogP contribution in [0.5, 0.6) is 0 Å². The lowest BCUT2D eigenvalue weighted by atomic mass is 9.99. The zero-order valence-corrected chi connectivity index (χ0v) is 19.1. The largest absolute Gasteiger partial charge is 0.322 e. The van der Waals surface area contributed by atoms with E-state index in [2.05, 4.69) is 17.4 Å². The van der Waals surface area contributed by atoms with E-state index in [9.17, 15) is 9.59 Å². The zero-order chi connectivity index (χ0) is 23.4. The molecule has 4 aromatic carbocycles. The van der Waals surface area contributed by atoms with E-state index in [1.807, 2.05) is 42.5 Å². The molecule has 0 aromatic heterocycles. The molecular weight excluding hydrogens is 432 g/mol. The van der Waals surface area contributed by atoms with Gasteiger partial charge in [-0.3, -0.25) is 9.59 Å². The lowest BCUT2D eigenvalue weighted by molar-refractivity contribution is -0.116. The summed E-state index contributed by atoms with van der Waals surface area (Å²) < 4.78 is 0. The maximum absolute atomic E-state index is 12.9. The van der Waals surface area contributed by atoms with Crippen molar-refractivity contribution in [2.45, 2.75) is 6.92 Å². The molecule has 0 aliphatic heterocycles. The molecule has 4 rings (SSSR count). The minimum atomic E-state index is -0.235. The molecule has 164 valence electrons. The van der Waals surface area contributed by atoms with Crippen molar-refractivity contribution in [3.05, 3.63) is 108 Å². The van der Waals surface area contributed by atoms with Gasteiger partial charge in [0.25, 0.3) is 5.91 Å². The topological polar surface area (TPSA) is 49.4 Å². The third kappa shape index (κ3) is 5.13. The third-order valence-electron chi connectivity index (χ3n) is 5.52. The molecule has 0 radical (unpaired) electrons. The van der Waals surface area contributed by atoms with E-state index in [1.165, 1.54) is 6.92 Å². The molecular formula is C28H23ClN2O2. The molecule has 4 aromatic rings. The van der Waals surface area contributed by atoms with Crippen LogP contribution in [0.25, 0.3) is 22.3 Å². The van der Waals surface area contributed by atoms with E-state index in [0.717, 1.165) is 27.9 Å². The number of hydrogen-bond donors (Lipinski definition) is 1. The lowest BCUT2D eigenvalue weighted by Crippen LogP contribution is -2.22. The van der Waals surface area contributed by atoms with Crippen LogP contribution in [-0.2, 0) is 4.79 Å². The number of benzene rings is 4. The Balaban J connectivity index is 1.53. The molecule has 5 heteroatoms. The van der Waals surface area contributed by atoms with Gasteiger partial charge in [-0.2, -0.15) is 0 Å². The highest BCUT2D eigenvalue weighted by Gasteiger charge is 2.12. The summed E-state index contributed by atoms with van der Waals surface area (Å²) >= 11 is 6.46. The lowest BCUT2D eigenvalue weighted by Gasteiger charge is -2.15. The Morgan fingerprint density at radius 3 is 2.00 bits per heavy atom. The van der Waals surface area contributed by atoms with Crippen LogP contribution in [0.2, 0.25) is 5.02 Å². The van der Waals surface area contributed by atoms with Gasteiger partial charge >= 0.3 is 0 Å². The van der Waals surface area contributed by atoms with Crippen molar-refractivity contribution in [2.24, 2.45) is 0 Å². The minimum Gasteiger partial charge on any atom is -0.322 e. The van der Waals surface area contributed by atoms with Gasteiger partial charge in [0.15, 0.2) is 0 Å². The second-order valence-electron chi connectivity index (χ2n) is 7.72. The van der Waals surface area contributed by atoms with Crippen molar-refractivity contribution in [3.8, 4) is 22.3 Å². The predicted octanol–water partition coefficient (Wildman–Crippen LogP) is 6.91. The summed E-state index contributed by atoms with van der Waals surface area (Å²) in [5.74, 6) is -0.293. The van der Waals surface area contributed by atoms with Gasteiger partial charge in [0.1, 0.15) is 0 Å². The second-order valence-corrected chi connectivity index (χ2v) is 8.12. The summed E-state index contributed by atoms with van der Waals surface area (Å²) in [6.45, 7) is 1.50. The summed E-state index contributed by atoms with van der Waals surface area (Å²) in [7, 11) is 1.71. The highest BCUT2D eigenvalue weighted by molar-refractivity contribution is 6.33. The molecule has 0 saturated heterocycles. The second kappa shape index (κ2) is 9.72. The molecule has 2 amide bonds. The number of carbonyl (C=O) groups excluding carboxylic acids is 2. The first kappa shape index (κ1) is 22.3. The Hall–Kier alpha value is -3.89. The number of amides is 2. The fraction of sp³-hybridized carbons (Fsp3) is 0.0714. The van der Waals surface area contributed by atoms with Crippen LogP contribution in [0, 0.1) is 0 Å². The van der Waals surface area contributed by atoms with Crippen LogP contribution in [0.1, 0.15) is 17.3 Å².